The lowest BCUT2D eigenvalue weighted by Gasteiger charge is -2.45. The molecule has 0 aliphatic carbocycles. The second-order valence-electron chi connectivity index (χ2n) is 6.97. The summed E-state index contributed by atoms with van der Waals surface area (Å²) in [6, 6.07) is 2.76. The minimum atomic E-state index is 0.175. The van der Waals surface area contributed by atoms with Crippen LogP contribution in [0.2, 0.25) is 0 Å². The third-order valence-corrected chi connectivity index (χ3v) is 5.41. The Bertz CT molecular complexity index is 425. The van der Waals surface area contributed by atoms with Crippen molar-refractivity contribution in [2.24, 2.45) is 5.73 Å². The van der Waals surface area contributed by atoms with E-state index in [1.807, 2.05) is 11.3 Å². The number of thiophene rings is 1. The van der Waals surface area contributed by atoms with Crippen LogP contribution in [0.3, 0.4) is 0 Å². The van der Waals surface area contributed by atoms with Gasteiger partial charge in [0.2, 0.25) is 0 Å². The van der Waals surface area contributed by atoms with E-state index in [-0.39, 0.29) is 11.6 Å². The summed E-state index contributed by atoms with van der Waals surface area (Å²) in [6.45, 7) is 15.7. The molecule has 2 unspecified atom stereocenters. The lowest BCUT2D eigenvalue weighted by Crippen LogP contribution is -2.55. The molecule has 0 radical (unpaired) electrons. The maximum atomic E-state index is 6.30. The smallest absolute Gasteiger partial charge is 0.0594 e. The predicted octanol–water partition coefficient (Wildman–Crippen LogP) is 2.86. The molecule has 2 heterocycles. The van der Waals surface area contributed by atoms with Crippen molar-refractivity contribution in [3.05, 3.63) is 21.9 Å². The predicted molar refractivity (Wildman–Crippen MR) is 88.3 cm³/mol. The normalized spacial score (nSPS) is 21.9. The molecule has 3 nitrogen and oxygen atoms in total. The summed E-state index contributed by atoms with van der Waals surface area (Å²) in [4.78, 5) is 6.60. The highest BCUT2D eigenvalue weighted by atomic mass is 32.1. The molecule has 0 bridgehead atoms. The van der Waals surface area contributed by atoms with E-state index >= 15 is 0 Å². The molecule has 2 rings (SSSR count). The van der Waals surface area contributed by atoms with Crippen LogP contribution in [0.5, 0.6) is 0 Å². The van der Waals surface area contributed by atoms with Crippen molar-refractivity contribution in [3.63, 3.8) is 0 Å². The SMILES string of the molecule is Cc1ccsc1C(C(C)N)N1CCN(C(C)(C)C)CC1. The lowest BCUT2D eigenvalue weighted by molar-refractivity contribution is 0.0376. The van der Waals surface area contributed by atoms with Crippen LogP contribution in [0, 0.1) is 6.92 Å². The molecule has 1 saturated heterocycles. The van der Waals surface area contributed by atoms with Crippen molar-refractivity contribution >= 4 is 11.3 Å². The summed E-state index contributed by atoms with van der Waals surface area (Å²) in [5.74, 6) is 0. The minimum Gasteiger partial charge on any atom is -0.326 e. The van der Waals surface area contributed by atoms with E-state index in [1.54, 1.807) is 0 Å². The van der Waals surface area contributed by atoms with E-state index in [0.29, 0.717) is 6.04 Å². The van der Waals surface area contributed by atoms with Crippen LogP contribution < -0.4 is 5.73 Å². The van der Waals surface area contributed by atoms with Gasteiger partial charge in [0.25, 0.3) is 0 Å². The quantitative estimate of drug-likeness (QED) is 0.930. The zero-order valence-corrected chi connectivity index (χ0v) is 14.3. The Morgan fingerprint density at radius 2 is 1.80 bits per heavy atom. The number of rotatable bonds is 3. The van der Waals surface area contributed by atoms with Gasteiger partial charge in [0.15, 0.2) is 0 Å². The van der Waals surface area contributed by atoms with Crippen LogP contribution in [0.25, 0.3) is 0 Å². The van der Waals surface area contributed by atoms with Crippen molar-refractivity contribution in [3.8, 4) is 0 Å². The summed E-state index contributed by atoms with van der Waals surface area (Å²) in [5, 5.41) is 2.19. The molecule has 0 amide bonds. The van der Waals surface area contributed by atoms with Gasteiger partial charge in [-0.05, 0) is 51.6 Å². The summed E-state index contributed by atoms with van der Waals surface area (Å²) in [5.41, 5.74) is 7.96. The van der Waals surface area contributed by atoms with E-state index in [1.165, 1.54) is 10.4 Å². The number of hydrogen-bond acceptors (Lipinski definition) is 4. The number of hydrogen-bond donors (Lipinski definition) is 1. The Morgan fingerprint density at radius 1 is 1.20 bits per heavy atom. The number of aryl methyl sites for hydroxylation is 1. The first-order valence-corrected chi connectivity index (χ1v) is 8.47. The molecule has 20 heavy (non-hydrogen) atoms. The van der Waals surface area contributed by atoms with Crippen LogP contribution in [0.1, 0.15) is 44.2 Å². The summed E-state index contributed by atoms with van der Waals surface area (Å²) < 4.78 is 0. The molecular formula is C16H29N3S. The molecule has 1 aromatic rings. The van der Waals surface area contributed by atoms with E-state index in [4.69, 9.17) is 5.73 Å². The van der Waals surface area contributed by atoms with E-state index in [2.05, 4.69) is 55.9 Å². The average molecular weight is 295 g/mol. The van der Waals surface area contributed by atoms with Crippen LogP contribution in [0.4, 0.5) is 0 Å². The fourth-order valence-electron chi connectivity index (χ4n) is 3.10. The second-order valence-corrected chi connectivity index (χ2v) is 7.91. The van der Waals surface area contributed by atoms with Gasteiger partial charge in [-0.3, -0.25) is 9.80 Å². The summed E-state index contributed by atoms with van der Waals surface area (Å²) in [7, 11) is 0. The Kier molecular flexibility index (Phi) is 4.90. The maximum absolute atomic E-state index is 6.30. The zero-order chi connectivity index (χ0) is 14.9. The molecule has 2 N–H and O–H groups in total. The fourth-order valence-corrected chi connectivity index (χ4v) is 4.27. The van der Waals surface area contributed by atoms with Crippen LogP contribution >= 0.6 is 11.3 Å². The lowest BCUT2D eigenvalue weighted by atomic mass is 10.0. The van der Waals surface area contributed by atoms with Gasteiger partial charge in [0.05, 0.1) is 6.04 Å². The fraction of sp³-hybridized carbons (Fsp3) is 0.750. The van der Waals surface area contributed by atoms with Gasteiger partial charge in [-0.25, -0.2) is 0 Å². The molecule has 0 spiro atoms. The molecule has 1 fully saturated rings. The monoisotopic (exact) mass is 295 g/mol. The Labute approximate surface area is 127 Å². The highest BCUT2D eigenvalue weighted by Crippen LogP contribution is 2.32. The van der Waals surface area contributed by atoms with Crippen molar-refractivity contribution < 1.29 is 0 Å². The van der Waals surface area contributed by atoms with Gasteiger partial charge in [0.1, 0.15) is 0 Å². The Balaban J connectivity index is 2.09. The number of nitrogens with zero attached hydrogens (tertiary/aromatic N) is 2. The zero-order valence-electron chi connectivity index (χ0n) is 13.5. The largest absolute Gasteiger partial charge is 0.326 e. The molecule has 114 valence electrons. The van der Waals surface area contributed by atoms with Gasteiger partial charge in [-0.1, -0.05) is 0 Å². The molecule has 1 aromatic heterocycles. The molecule has 0 aromatic carbocycles. The Hall–Kier alpha value is -0.420. The molecule has 1 aliphatic heterocycles. The molecule has 1 aliphatic rings. The first-order chi connectivity index (χ1) is 9.30. The summed E-state index contributed by atoms with van der Waals surface area (Å²) in [6.07, 6.45) is 0. The van der Waals surface area contributed by atoms with Crippen molar-refractivity contribution in [1.82, 2.24) is 9.80 Å². The average Bonchev–Trinajstić information content (AvgIpc) is 2.75. The second kappa shape index (κ2) is 6.14. The third kappa shape index (κ3) is 3.42. The first-order valence-electron chi connectivity index (χ1n) is 7.59. The van der Waals surface area contributed by atoms with Gasteiger partial charge < -0.3 is 5.73 Å². The highest BCUT2D eigenvalue weighted by Gasteiger charge is 2.32. The molecule has 2 atom stereocenters. The van der Waals surface area contributed by atoms with Gasteiger partial charge >= 0.3 is 0 Å². The number of piperazine rings is 1. The highest BCUT2D eigenvalue weighted by molar-refractivity contribution is 7.10. The topological polar surface area (TPSA) is 32.5 Å². The Morgan fingerprint density at radius 3 is 2.20 bits per heavy atom. The van der Waals surface area contributed by atoms with Gasteiger partial charge in [-0.15, -0.1) is 11.3 Å². The molecule has 4 heteroatoms. The minimum absolute atomic E-state index is 0.175. The van der Waals surface area contributed by atoms with Gasteiger partial charge in [0, 0.05) is 42.6 Å². The number of nitrogens with two attached hydrogens (primary N) is 1. The van der Waals surface area contributed by atoms with Crippen LogP contribution in [-0.4, -0.2) is 47.6 Å². The molecule has 0 saturated carbocycles. The maximum Gasteiger partial charge on any atom is 0.0594 e. The molecular weight excluding hydrogens is 266 g/mol. The van der Waals surface area contributed by atoms with Crippen molar-refractivity contribution in [2.75, 3.05) is 26.2 Å². The van der Waals surface area contributed by atoms with Crippen molar-refractivity contribution in [1.29, 1.82) is 0 Å². The van der Waals surface area contributed by atoms with E-state index in [0.717, 1.165) is 26.2 Å². The first kappa shape index (κ1) is 16.0. The van der Waals surface area contributed by atoms with Gasteiger partial charge in [-0.2, -0.15) is 0 Å². The van der Waals surface area contributed by atoms with E-state index < -0.39 is 0 Å². The van der Waals surface area contributed by atoms with Crippen LogP contribution in [0.15, 0.2) is 11.4 Å². The van der Waals surface area contributed by atoms with Crippen LogP contribution in [-0.2, 0) is 0 Å². The van der Waals surface area contributed by atoms with Crippen molar-refractivity contribution in [2.45, 2.75) is 52.2 Å². The third-order valence-electron chi connectivity index (χ3n) is 4.32. The standard InChI is InChI=1S/C16H29N3S/c1-12-6-11-20-15(12)14(13(2)17)18-7-9-19(10-8-18)16(3,4)5/h6,11,13-14H,7-10,17H2,1-5H3. The van der Waals surface area contributed by atoms with E-state index in [9.17, 15) is 0 Å². The summed E-state index contributed by atoms with van der Waals surface area (Å²) >= 11 is 1.85.